The number of rotatable bonds is 15. The molecular weight excluding hydrogens is 540 g/mol. The third-order valence-electron chi connectivity index (χ3n) is 5.68. The summed E-state index contributed by atoms with van der Waals surface area (Å²) in [6.07, 6.45) is 4.72. The van der Waals surface area contributed by atoms with E-state index in [4.69, 9.17) is 9.47 Å². The van der Waals surface area contributed by atoms with E-state index in [2.05, 4.69) is 25.9 Å². The van der Waals surface area contributed by atoms with Gasteiger partial charge in [-0.15, -0.1) is 22.7 Å². The van der Waals surface area contributed by atoms with Gasteiger partial charge in [0.05, 0.1) is 29.0 Å². The molecule has 0 saturated carbocycles. The summed E-state index contributed by atoms with van der Waals surface area (Å²) in [6, 6.07) is 8.44. The predicted molar refractivity (Wildman–Crippen MR) is 149 cm³/mol. The zero-order chi connectivity index (χ0) is 27.9. The molecule has 1 aromatic carbocycles. The van der Waals surface area contributed by atoms with Gasteiger partial charge >= 0.3 is 12.1 Å². The highest BCUT2D eigenvalue weighted by atomic mass is 32.1. The number of carbonyl (C=O) groups excluding carboxylic acids is 3. The van der Waals surface area contributed by atoms with Crippen molar-refractivity contribution in [1.82, 2.24) is 30.8 Å². The number of nitrogens with zero attached hydrogens (tertiary/aromatic N) is 3. The van der Waals surface area contributed by atoms with Crippen molar-refractivity contribution in [1.29, 1.82) is 0 Å². The van der Waals surface area contributed by atoms with Crippen LogP contribution in [0.3, 0.4) is 0 Å². The number of benzene rings is 1. The maximum absolute atomic E-state index is 12.8. The third kappa shape index (κ3) is 11.0. The van der Waals surface area contributed by atoms with Gasteiger partial charge in [0.1, 0.15) is 12.6 Å². The number of methoxy groups -OCH3 is 1. The van der Waals surface area contributed by atoms with Crippen molar-refractivity contribution >= 4 is 40.7 Å². The van der Waals surface area contributed by atoms with Gasteiger partial charge in [0.25, 0.3) is 0 Å². The average molecular weight is 575 g/mol. The normalized spacial score (nSPS) is 12.3. The monoisotopic (exact) mass is 574 g/mol. The molecule has 0 spiro atoms. The van der Waals surface area contributed by atoms with Crippen molar-refractivity contribution in [3.05, 3.63) is 69.1 Å². The fourth-order valence-corrected chi connectivity index (χ4v) is 4.85. The Morgan fingerprint density at radius 1 is 1.03 bits per heavy atom. The van der Waals surface area contributed by atoms with Gasteiger partial charge in [0.15, 0.2) is 0 Å². The Morgan fingerprint density at radius 2 is 1.74 bits per heavy atom. The number of carbonyl (C=O) groups is 3. The minimum atomic E-state index is -0.841. The molecule has 0 bridgehead atoms. The molecule has 0 radical (unpaired) electrons. The second-order valence-electron chi connectivity index (χ2n) is 8.79. The molecule has 0 saturated heterocycles. The molecule has 2 aromatic heterocycles. The maximum atomic E-state index is 12.8. The van der Waals surface area contributed by atoms with E-state index in [0.29, 0.717) is 32.4 Å². The van der Waals surface area contributed by atoms with Gasteiger partial charge in [-0.3, -0.25) is 14.8 Å². The van der Waals surface area contributed by atoms with Crippen molar-refractivity contribution < 1.29 is 23.9 Å². The molecule has 39 heavy (non-hydrogen) atoms. The topological polar surface area (TPSA) is 135 Å². The molecule has 2 atom stereocenters. The van der Waals surface area contributed by atoms with E-state index in [1.807, 2.05) is 30.3 Å². The number of urea groups is 1. The van der Waals surface area contributed by atoms with Crippen LogP contribution in [0.25, 0.3) is 0 Å². The fourth-order valence-electron chi connectivity index (χ4n) is 3.70. The first kappa shape index (κ1) is 30.0. The van der Waals surface area contributed by atoms with Crippen molar-refractivity contribution in [2.24, 2.45) is 0 Å². The average Bonchev–Trinajstić information content (AvgIpc) is 3.64. The van der Waals surface area contributed by atoms with E-state index >= 15 is 0 Å². The number of alkyl carbamates (subject to hydrolysis) is 1. The van der Waals surface area contributed by atoms with Crippen molar-refractivity contribution in [2.45, 2.75) is 44.5 Å². The molecule has 0 aliphatic rings. The molecule has 0 aliphatic carbocycles. The van der Waals surface area contributed by atoms with E-state index in [0.717, 1.165) is 15.3 Å². The Balaban J connectivity index is 1.46. The first-order valence-corrected chi connectivity index (χ1v) is 14.2. The molecule has 0 aliphatic heterocycles. The van der Waals surface area contributed by atoms with Gasteiger partial charge in [-0.2, -0.15) is 0 Å². The molecule has 4 amide bonds. The first-order valence-electron chi connectivity index (χ1n) is 12.4. The summed E-state index contributed by atoms with van der Waals surface area (Å²) in [6.45, 7) is 0.959. The highest BCUT2D eigenvalue weighted by Gasteiger charge is 2.23. The van der Waals surface area contributed by atoms with Gasteiger partial charge in [-0.25, -0.2) is 9.59 Å². The number of nitrogens with one attached hydrogen (secondary N) is 3. The zero-order valence-corrected chi connectivity index (χ0v) is 23.6. The second-order valence-corrected chi connectivity index (χ2v) is 10.7. The van der Waals surface area contributed by atoms with Crippen LogP contribution in [0.15, 0.2) is 53.7 Å². The molecule has 0 unspecified atom stereocenters. The van der Waals surface area contributed by atoms with Crippen molar-refractivity contribution in [3.63, 3.8) is 0 Å². The lowest BCUT2D eigenvalue weighted by Crippen LogP contribution is -2.52. The van der Waals surface area contributed by atoms with Gasteiger partial charge in [-0.05, 0) is 24.8 Å². The first-order chi connectivity index (χ1) is 18.9. The van der Waals surface area contributed by atoms with Crippen molar-refractivity contribution in [3.8, 4) is 0 Å². The number of hydrogen-bond acceptors (Lipinski definition) is 9. The lowest BCUT2D eigenvalue weighted by atomic mass is 10.0. The summed E-state index contributed by atoms with van der Waals surface area (Å²) in [5.41, 5.74) is 4.47. The summed E-state index contributed by atoms with van der Waals surface area (Å²) in [5.74, 6) is -0.340. The van der Waals surface area contributed by atoms with E-state index < -0.39 is 12.1 Å². The van der Waals surface area contributed by atoms with Crippen LogP contribution in [0.4, 0.5) is 9.59 Å². The molecule has 2 heterocycles. The molecule has 13 heteroatoms. The standard InChI is InChI=1S/C26H34N6O5S2/c1-32(14-21-12-27-17-38-21)25(34)31-23(16-36-2)24(33)29-10-6-9-20(11-19-7-4-3-5-8-19)30-26(35)37-15-22-13-28-18-39-22/h3-5,7-8,12-13,17-18,20,23H,6,9-11,14-16H2,1-2H3,(H,29,33)(H,30,35)(H,31,34)/t20-,23+/m1/s1. The fraction of sp³-hybridized carbons (Fsp3) is 0.423. The highest BCUT2D eigenvalue weighted by molar-refractivity contribution is 7.09. The summed E-state index contributed by atoms with van der Waals surface area (Å²) in [4.78, 5) is 49.1. The molecule has 3 aromatic rings. The van der Waals surface area contributed by atoms with E-state index in [1.165, 1.54) is 34.7 Å². The van der Waals surface area contributed by atoms with E-state index in [9.17, 15) is 14.4 Å². The van der Waals surface area contributed by atoms with Crippen LogP contribution in [0.2, 0.25) is 0 Å². The Morgan fingerprint density at radius 3 is 2.41 bits per heavy atom. The Bertz CT molecular complexity index is 1130. The molecule has 3 N–H and O–H groups in total. The quantitative estimate of drug-likeness (QED) is 0.237. The van der Waals surface area contributed by atoms with Crippen LogP contribution < -0.4 is 16.0 Å². The van der Waals surface area contributed by atoms with Crippen LogP contribution in [0, 0.1) is 0 Å². The summed E-state index contributed by atoms with van der Waals surface area (Å²) in [7, 11) is 3.13. The lowest BCUT2D eigenvalue weighted by Gasteiger charge is -2.23. The van der Waals surface area contributed by atoms with Crippen LogP contribution in [-0.2, 0) is 33.8 Å². The van der Waals surface area contributed by atoms with Gasteiger partial charge in [0.2, 0.25) is 5.91 Å². The highest BCUT2D eigenvalue weighted by Crippen LogP contribution is 2.11. The molecule has 11 nitrogen and oxygen atoms in total. The van der Waals surface area contributed by atoms with Gasteiger partial charge in [-0.1, -0.05) is 30.3 Å². The molecule has 3 rings (SSSR count). The largest absolute Gasteiger partial charge is 0.444 e. The summed E-state index contributed by atoms with van der Waals surface area (Å²) in [5, 5.41) is 8.52. The lowest BCUT2D eigenvalue weighted by molar-refractivity contribution is -0.124. The zero-order valence-electron chi connectivity index (χ0n) is 22.0. The summed E-state index contributed by atoms with van der Waals surface area (Å²) >= 11 is 2.87. The minimum Gasteiger partial charge on any atom is -0.444 e. The maximum Gasteiger partial charge on any atom is 0.407 e. The SMILES string of the molecule is COC[C@H](NC(=O)N(C)Cc1cncs1)C(=O)NCCC[C@H](Cc1ccccc1)NC(=O)OCc1cncs1. The van der Waals surface area contributed by atoms with Crippen LogP contribution in [0.5, 0.6) is 0 Å². The molecule has 0 fully saturated rings. The minimum absolute atomic E-state index is 0.0375. The second kappa shape index (κ2) is 16.4. The Hall–Kier alpha value is -3.55. The van der Waals surface area contributed by atoms with Crippen LogP contribution in [0.1, 0.15) is 28.2 Å². The molecule has 210 valence electrons. The van der Waals surface area contributed by atoms with Crippen molar-refractivity contribution in [2.75, 3.05) is 27.3 Å². The number of aromatic nitrogens is 2. The van der Waals surface area contributed by atoms with Crippen LogP contribution in [-0.4, -0.2) is 72.3 Å². The van der Waals surface area contributed by atoms with Gasteiger partial charge in [0, 0.05) is 44.0 Å². The third-order valence-corrected chi connectivity index (χ3v) is 7.19. The van der Waals surface area contributed by atoms with Crippen LogP contribution >= 0.6 is 22.7 Å². The smallest absolute Gasteiger partial charge is 0.407 e. The van der Waals surface area contributed by atoms with E-state index in [1.54, 1.807) is 30.5 Å². The summed E-state index contributed by atoms with van der Waals surface area (Å²) < 4.78 is 10.5. The number of amides is 4. The predicted octanol–water partition coefficient (Wildman–Crippen LogP) is 3.19. The number of hydrogen-bond donors (Lipinski definition) is 3. The number of thiazole rings is 2. The Labute approximate surface area is 235 Å². The molecular formula is C26H34N6O5S2. The Kier molecular flexibility index (Phi) is 12.6. The number of ether oxygens (including phenoxy) is 2. The van der Waals surface area contributed by atoms with Gasteiger partial charge < -0.3 is 30.3 Å². The van der Waals surface area contributed by atoms with E-state index in [-0.39, 0.29) is 31.2 Å².